The van der Waals surface area contributed by atoms with Crippen molar-refractivity contribution >= 4 is 5.91 Å². The van der Waals surface area contributed by atoms with E-state index >= 15 is 0 Å². The highest BCUT2D eigenvalue weighted by Gasteiger charge is 2.17. The van der Waals surface area contributed by atoms with E-state index in [-0.39, 0.29) is 11.3 Å². The van der Waals surface area contributed by atoms with E-state index in [1.165, 1.54) is 6.42 Å². The molecule has 0 unspecified atom stereocenters. The molecule has 3 nitrogen and oxygen atoms in total. The smallest absolute Gasteiger partial charge is 0.220 e. The van der Waals surface area contributed by atoms with Gasteiger partial charge in [0, 0.05) is 13.0 Å². The second-order valence-electron chi connectivity index (χ2n) is 6.09. The SMILES string of the molecule is CC(C)CCCNC(=O)CCC(C)(C)CCN. The highest BCUT2D eigenvalue weighted by Crippen LogP contribution is 2.25. The summed E-state index contributed by atoms with van der Waals surface area (Å²) in [6.45, 7) is 10.3. The van der Waals surface area contributed by atoms with Gasteiger partial charge in [0.15, 0.2) is 0 Å². The van der Waals surface area contributed by atoms with Crippen LogP contribution in [0.2, 0.25) is 0 Å². The first-order chi connectivity index (χ1) is 7.87. The normalized spacial score (nSPS) is 11.9. The van der Waals surface area contributed by atoms with Gasteiger partial charge >= 0.3 is 0 Å². The van der Waals surface area contributed by atoms with Gasteiger partial charge in [-0.1, -0.05) is 27.7 Å². The number of carbonyl (C=O) groups excluding carboxylic acids is 1. The van der Waals surface area contributed by atoms with Crippen molar-refractivity contribution in [3.8, 4) is 0 Å². The molecule has 0 heterocycles. The minimum Gasteiger partial charge on any atom is -0.356 e. The highest BCUT2D eigenvalue weighted by atomic mass is 16.1. The molecule has 17 heavy (non-hydrogen) atoms. The zero-order chi connectivity index (χ0) is 13.3. The zero-order valence-electron chi connectivity index (χ0n) is 12.0. The van der Waals surface area contributed by atoms with Crippen LogP contribution in [0.5, 0.6) is 0 Å². The molecule has 0 radical (unpaired) electrons. The minimum absolute atomic E-state index is 0.179. The lowest BCUT2D eigenvalue weighted by Gasteiger charge is -2.23. The van der Waals surface area contributed by atoms with Gasteiger partial charge in [0.25, 0.3) is 0 Å². The van der Waals surface area contributed by atoms with Gasteiger partial charge in [0.05, 0.1) is 0 Å². The van der Waals surface area contributed by atoms with Crippen LogP contribution in [0.25, 0.3) is 0 Å². The molecule has 0 saturated carbocycles. The van der Waals surface area contributed by atoms with Gasteiger partial charge in [-0.25, -0.2) is 0 Å². The highest BCUT2D eigenvalue weighted by molar-refractivity contribution is 5.75. The van der Waals surface area contributed by atoms with Crippen molar-refractivity contribution in [2.45, 2.75) is 59.8 Å². The minimum atomic E-state index is 0.179. The predicted molar refractivity (Wildman–Crippen MR) is 73.8 cm³/mol. The number of amides is 1. The van der Waals surface area contributed by atoms with Gasteiger partial charge in [-0.3, -0.25) is 4.79 Å². The quantitative estimate of drug-likeness (QED) is 0.611. The molecule has 0 aromatic heterocycles. The Morgan fingerprint density at radius 3 is 2.47 bits per heavy atom. The second-order valence-corrected chi connectivity index (χ2v) is 6.09. The fraction of sp³-hybridized carbons (Fsp3) is 0.929. The molecule has 0 aliphatic rings. The summed E-state index contributed by atoms with van der Waals surface area (Å²) in [5, 5.41) is 2.98. The molecule has 0 rings (SSSR count). The van der Waals surface area contributed by atoms with Crippen LogP contribution in [0.3, 0.4) is 0 Å². The average molecular weight is 242 g/mol. The largest absolute Gasteiger partial charge is 0.356 e. The predicted octanol–water partition coefficient (Wildman–Crippen LogP) is 2.69. The fourth-order valence-electron chi connectivity index (χ4n) is 1.79. The summed E-state index contributed by atoms with van der Waals surface area (Å²) >= 11 is 0. The van der Waals surface area contributed by atoms with Crippen LogP contribution in [0.1, 0.15) is 59.8 Å². The molecule has 3 heteroatoms. The van der Waals surface area contributed by atoms with Crippen LogP contribution in [-0.2, 0) is 4.79 Å². The Labute approximate surface area is 107 Å². The van der Waals surface area contributed by atoms with Crippen molar-refractivity contribution in [1.82, 2.24) is 5.32 Å². The Hall–Kier alpha value is -0.570. The summed E-state index contributed by atoms with van der Waals surface area (Å²) in [7, 11) is 0. The van der Waals surface area contributed by atoms with Crippen molar-refractivity contribution in [2.24, 2.45) is 17.1 Å². The van der Waals surface area contributed by atoms with E-state index in [9.17, 15) is 4.79 Å². The van der Waals surface area contributed by atoms with Gasteiger partial charge in [0.2, 0.25) is 5.91 Å². The van der Waals surface area contributed by atoms with Crippen LogP contribution in [0.4, 0.5) is 0 Å². The standard InChI is InChI=1S/C14H30N2O/c1-12(2)6-5-11-16-13(17)7-8-14(3,4)9-10-15/h12H,5-11,15H2,1-4H3,(H,16,17). The summed E-state index contributed by atoms with van der Waals surface area (Å²) in [6, 6.07) is 0. The fourth-order valence-corrected chi connectivity index (χ4v) is 1.79. The molecule has 0 atom stereocenters. The summed E-state index contributed by atoms with van der Waals surface area (Å²) in [6.07, 6.45) is 4.77. The lowest BCUT2D eigenvalue weighted by molar-refractivity contribution is -0.121. The maximum Gasteiger partial charge on any atom is 0.220 e. The van der Waals surface area contributed by atoms with Gasteiger partial charge in [-0.05, 0) is 43.6 Å². The molecule has 0 saturated heterocycles. The third kappa shape index (κ3) is 10.3. The lowest BCUT2D eigenvalue weighted by Crippen LogP contribution is -2.27. The molecule has 3 N–H and O–H groups in total. The van der Waals surface area contributed by atoms with Gasteiger partial charge in [-0.2, -0.15) is 0 Å². The van der Waals surface area contributed by atoms with Gasteiger partial charge in [-0.15, -0.1) is 0 Å². The third-order valence-electron chi connectivity index (χ3n) is 3.13. The summed E-state index contributed by atoms with van der Waals surface area (Å²) in [5.41, 5.74) is 5.73. The van der Waals surface area contributed by atoms with E-state index < -0.39 is 0 Å². The van der Waals surface area contributed by atoms with Crippen LogP contribution < -0.4 is 11.1 Å². The lowest BCUT2D eigenvalue weighted by atomic mass is 9.84. The summed E-state index contributed by atoms with van der Waals surface area (Å²) in [4.78, 5) is 11.6. The van der Waals surface area contributed by atoms with E-state index in [0.717, 1.165) is 31.7 Å². The van der Waals surface area contributed by atoms with Gasteiger partial charge < -0.3 is 11.1 Å². The van der Waals surface area contributed by atoms with Crippen molar-refractivity contribution in [1.29, 1.82) is 0 Å². The maximum atomic E-state index is 11.6. The summed E-state index contributed by atoms with van der Waals surface area (Å²) in [5.74, 6) is 0.897. The first-order valence-corrected chi connectivity index (χ1v) is 6.84. The van der Waals surface area contributed by atoms with Crippen molar-refractivity contribution in [3.05, 3.63) is 0 Å². The zero-order valence-corrected chi connectivity index (χ0v) is 12.0. The molecule has 0 aromatic carbocycles. The Morgan fingerprint density at radius 2 is 1.94 bits per heavy atom. The molecule has 0 aliphatic heterocycles. The molecule has 102 valence electrons. The number of carbonyl (C=O) groups is 1. The Morgan fingerprint density at radius 1 is 1.29 bits per heavy atom. The average Bonchev–Trinajstić information content (AvgIpc) is 2.21. The van der Waals surface area contributed by atoms with Crippen LogP contribution >= 0.6 is 0 Å². The number of hydrogen-bond acceptors (Lipinski definition) is 2. The molecule has 1 amide bonds. The molecule has 0 fully saturated rings. The second kappa shape index (κ2) is 8.51. The summed E-state index contributed by atoms with van der Waals surface area (Å²) < 4.78 is 0. The third-order valence-corrected chi connectivity index (χ3v) is 3.13. The van der Waals surface area contributed by atoms with E-state index in [2.05, 4.69) is 33.0 Å². The molecule has 0 spiro atoms. The Kier molecular flexibility index (Phi) is 8.23. The number of rotatable bonds is 9. The molecule has 0 aliphatic carbocycles. The van der Waals surface area contributed by atoms with Crippen LogP contribution in [0.15, 0.2) is 0 Å². The van der Waals surface area contributed by atoms with Crippen LogP contribution in [-0.4, -0.2) is 19.0 Å². The van der Waals surface area contributed by atoms with E-state index in [4.69, 9.17) is 5.73 Å². The topological polar surface area (TPSA) is 55.1 Å². The molecule has 0 aromatic rings. The van der Waals surface area contributed by atoms with Crippen molar-refractivity contribution < 1.29 is 4.79 Å². The van der Waals surface area contributed by atoms with E-state index in [0.29, 0.717) is 13.0 Å². The first kappa shape index (κ1) is 16.4. The molecule has 0 bridgehead atoms. The van der Waals surface area contributed by atoms with Gasteiger partial charge in [0.1, 0.15) is 0 Å². The van der Waals surface area contributed by atoms with Crippen molar-refractivity contribution in [3.63, 3.8) is 0 Å². The van der Waals surface area contributed by atoms with E-state index in [1.54, 1.807) is 0 Å². The van der Waals surface area contributed by atoms with Crippen molar-refractivity contribution in [2.75, 3.05) is 13.1 Å². The number of nitrogens with one attached hydrogen (secondary N) is 1. The Balaban J connectivity index is 3.59. The Bertz CT molecular complexity index is 212. The first-order valence-electron chi connectivity index (χ1n) is 6.84. The van der Waals surface area contributed by atoms with Crippen LogP contribution in [0, 0.1) is 11.3 Å². The monoisotopic (exact) mass is 242 g/mol. The number of nitrogens with two attached hydrogens (primary N) is 1. The molecular weight excluding hydrogens is 212 g/mol. The number of hydrogen-bond donors (Lipinski definition) is 2. The maximum absolute atomic E-state index is 11.6. The van der Waals surface area contributed by atoms with E-state index in [1.807, 2.05) is 0 Å². The molecular formula is C14H30N2O.